The summed E-state index contributed by atoms with van der Waals surface area (Å²) in [5.74, 6) is -0.860. The van der Waals surface area contributed by atoms with Gasteiger partial charge in [-0.05, 0) is 40.0 Å². The fourth-order valence-corrected chi connectivity index (χ4v) is 2.44. The predicted molar refractivity (Wildman–Crippen MR) is 87.2 cm³/mol. The van der Waals surface area contributed by atoms with Gasteiger partial charge in [-0.15, -0.1) is 0 Å². The number of nitrogens with one attached hydrogen (secondary N) is 1. The van der Waals surface area contributed by atoms with E-state index in [1.165, 1.54) is 12.1 Å². The largest absolute Gasteiger partial charge is 0.508 e. The van der Waals surface area contributed by atoms with Crippen LogP contribution in [0.25, 0.3) is 0 Å². The van der Waals surface area contributed by atoms with E-state index in [4.69, 9.17) is 0 Å². The third kappa shape index (κ3) is 5.66. The number of rotatable bonds is 8. The van der Waals surface area contributed by atoms with E-state index >= 15 is 0 Å². The molecule has 0 amide bonds. The van der Waals surface area contributed by atoms with Crippen molar-refractivity contribution in [3.63, 3.8) is 0 Å². The van der Waals surface area contributed by atoms with E-state index in [0.29, 0.717) is 0 Å². The maximum absolute atomic E-state index is 11.3. The summed E-state index contributed by atoms with van der Waals surface area (Å²) in [5, 5.41) is 35.4. The molecule has 0 radical (unpaired) electrons. The second-order valence-corrected chi connectivity index (χ2v) is 6.12. The number of nitrogens with zero attached hydrogens (tertiary/aromatic N) is 2. The summed E-state index contributed by atoms with van der Waals surface area (Å²) in [4.78, 5) is 11.3. The molecule has 2 aromatic rings. The van der Waals surface area contributed by atoms with Crippen molar-refractivity contribution in [1.29, 1.82) is 0 Å². The Bertz CT molecular complexity index is 644. The minimum absolute atomic E-state index is 0.131. The first-order valence-corrected chi connectivity index (χ1v) is 7.83. The number of aliphatic hydroxyl groups excluding tert-OH is 1. The lowest BCUT2D eigenvalue weighted by molar-refractivity contribution is -0.139. The summed E-state index contributed by atoms with van der Waals surface area (Å²) in [6, 6.07) is 5.55. The average molecular weight is 384 g/mol. The topological polar surface area (TPSA) is 108 Å². The zero-order chi connectivity index (χ0) is 16.8. The van der Waals surface area contributed by atoms with Gasteiger partial charge < -0.3 is 20.6 Å². The van der Waals surface area contributed by atoms with Gasteiger partial charge in [-0.2, -0.15) is 5.10 Å². The number of carboxylic acids is 1. The minimum Gasteiger partial charge on any atom is -0.508 e. The standard InChI is InChI=1S/C15H18BrN3O4/c16-11-6-18-19(8-11)9-13(21)7-17-14(15(22)23)5-10-1-3-12(20)4-2-10/h1-4,6,8,13-14,17,20-21H,5,7,9H2,(H,22,23)/t13?,14-/m0/s1. The Hall–Kier alpha value is -1.90. The zero-order valence-corrected chi connectivity index (χ0v) is 13.8. The van der Waals surface area contributed by atoms with Crippen molar-refractivity contribution in [2.45, 2.75) is 25.1 Å². The van der Waals surface area contributed by atoms with Crippen LogP contribution < -0.4 is 5.32 Å². The van der Waals surface area contributed by atoms with Gasteiger partial charge in [0, 0.05) is 12.7 Å². The highest BCUT2D eigenvalue weighted by atomic mass is 79.9. The SMILES string of the molecule is O=C(O)[C@H](Cc1ccc(O)cc1)NCC(O)Cn1cc(Br)cn1. The third-order valence-corrected chi connectivity index (χ3v) is 3.68. The molecule has 0 aliphatic heterocycles. The maximum Gasteiger partial charge on any atom is 0.321 e. The van der Waals surface area contributed by atoms with Crippen LogP contribution in [0.2, 0.25) is 0 Å². The van der Waals surface area contributed by atoms with Crippen LogP contribution in [0.5, 0.6) is 5.75 Å². The second kappa shape index (κ2) is 8.09. The highest BCUT2D eigenvalue weighted by Gasteiger charge is 2.19. The predicted octanol–water partition coefficient (Wildman–Crippen LogP) is 0.998. The normalized spacial score (nSPS) is 13.7. The Kier molecular flexibility index (Phi) is 6.14. The van der Waals surface area contributed by atoms with Crippen molar-refractivity contribution in [2.24, 2.45) is 0 Å². The van der Waals surface area contributed by atoms with Crippen LogP contribution in [0.4, 0.5) is 0 Å². The van der Waals surface area contributed by atoms with E-state index < -0.39 is 18.1 Å². The lowest BCUT2D eigenvalue weighted by Gasteiger charge is -2.17. The summed E-state index contributed by atoms with van der Waals surface area (Å²) < 4.78 is 2.39. The van der Waals surface area contributed by atoms with Crippen LogP contribution in [0.15, 0.2) is 41.1 Å². The number of aromatic nitrogens is 2. The number of hydrogen-bond acceptors (Lipinski definition) is 5. The van der Waals surface area contributed by atoms with Gasteiger partial charge in [0.05, 0.1) is 23.3 Å². The number of halogens is 1. The molecule has 1 unspecified atom stereocenters. The van der Waals surface area contributed by atoms with E-state index in [-0.39, 0.29) is 25.3 Å². The number of aliphatic carboxylic acids is 1. The first-order chi connectivity index (χ1) is 10.9. The molecule has 2 rings (SSSR count). The number of carbonyl (C=O) groups is 1. The van der Waals surface area contributed by atoms with E-state index in [1.807, 2.05) is 0 Å². The minimum atomic E-state index is -0.993. The molecule has 23 heavy (non-hydrogen) atoms. The van der Waals surface area contributed by atoms with Gasteiger partial charge in [0.15, 0.2) is 0 Å². The van der Waals surface area contributed by atoms with Gasteiger partial charge in [-0.1, -0.05) is 12.1 Å². The first-order valence-electron chi connectivity index (χ1n) is 7.04. The summed E-state index contributed by atoms with van der Waals surface area (Å²) in [7, 11) is 0. The summed E-state index contributed by atoms with van der Waals surface area (Å²) >= 11 is 3.27. The Morgan fingerprint density at radius 2 is 2.04 bits per heavy atom. The molecule has 2 atom stereocenters. The molecule has 1 heterocycles. The zero-order valence-electron chi connectivity index (χ0n) is 12.3. The van der Waals surface area contributed by atoms with E-state index in [9.17, 15) is 20.1 Å². The summed E-state index contributed by atoms with van der Waals surface area (Å²) in [6.45, 7) is 0.399. The summed E-state index contributed by atoms with van der Waals surface area (Å²) in [6.07, 6.45) is 2.85. The quantitative estimate of drug-likeness (QED) is 0.541. The smallest absolute Gasteiger partial charge is 0.321 e. The van der Waals surface area contributed by atoms with Crippen molar-refractivity contribution < 1.29 is 20.1 Å². The first kappa shape index (κ1) is 17.5. The number of carboxylic acid groups (broad SMARTS) is 1. The fraction of sp³-hybridized carbons (Fsp3) is 0.333. The maximum atomic E-state index is 11.3. The van der Waals surface area contributed by atoms with Crippen LogP contribution in [0.3, 0.4) is 0 Å². The summed E-state index contributed by atoms with van der Waals surface area (Å²) in [5.41, 5.74) is 0.785. The number of phenolic OH excluding ortho intramolecular Hbond substituents is 1. The molecule has 1 aromatic heterocycles. The molecule has 0 saturated carbocycles. The Morgan fingerprint density at radius 3 is 2.61 bits per heavy atom. The van der Waals surface area contributed by atoms with Crippen molar-refractivity contribution in [3.8, 4) is 5.75 Å². The molecule has 1 aromatic carbocycles. The molecule has 4 N–H and O–H groups in total. The van der Waals surface area contributed by atoms with Gasteiger partial charge in [-0.3, -0.25) is 9.48 Å². The van der Waals surface area contributed by atoms with Crippen LogP contribution >= 0.6 is 15.9 Å². The lowest BCUT2D eigenvalue weighted by Crippen LogP contribution is -2.43. The van der Waals surface area contributed by atoms with E-state index in [1.54, 1.807) is 29.2 Å². The van der Waals surface area contributed by atoms with Gasteiger partial charge in [0.1, 0.15) is 11.8 Å². The number of aliphatic hydroxyl groups is 1. The number of hydrogen-bond donors (Lipinski definition) is 4. The number of phenols is 1. The van der Waals surface area contributed by atoms with Gasteiger partial charge in [-0.25, -0.2) is 0 Å². The monoisotopic (exact) mass is 383 g/mol. The highest BCUT2D eigenvalue weighted by Crippen LogP contribution is 2.11. The highest BCUT2D eigenvalue weighted by molar-refractivity contribution is 9.10. The average Bonchev–Trinajstić information content (AvgIpc) is 2.90. The van der Waals surface area contributed by atoms with Crippen molar-refractivity contribution in [1.82, 2.24) is 15.1 Å². The molecule has 0 bridgehead atoms. The molecular formula is C15H18BrN3O4. The Balaban J connectivity index is 1.86. The van der Waals surface area contributed by atoms with Crippen LogP contribution in [-0.4, -0.2) is 49.8 Å². The van der Waals surface area contributed by atoms with Crippen LogP contribution in [0.1, 0.15) is 5.56 Å². The number of benzene rings is 1. The van der Waals surface area contributed by atoms with Gasteiger partial charge in [0.25, 0.3) is 0 Å². The molecule has 124 valence electrons. The Morgan fingerprint density at radius 1 is 1.35 bits per heavy atom. The molecule has 7 nitrogen and oxygen atoms in total. The Labute approximate surface area is 141 Å². The number of aromatic hydroxyl groups is 1. The van der Waals surface area contributed by atoms with E-state index in [2.05, 4.69) is 26.3 Å². The molecule has 8 heteroatoms. The lowest BCUT2D eigenvalue weighted by atomic mass is 10.1. The third-order valence-electron chi connectivity index (χ3n) is 3.27. The molecule has 0 saturated heterocycles. The van der Waals surface area contributed by atoms with E-state index in [0.717, 1.165) is 10.0 Å². The molecule has 0 spiro atoms. The molecule has 0 fully saturated rings. The molecular weight excluding hydrogens is 366 g/mol. The second-order valence-electron chi connectivity index (χ2n) is 5.20. The van der Waals surface area contributed by atoms with Crippen LogP contribution in [-0.2, 0) is 17.8 Å². The van der Waals surface area contributed by atoms with Crippen molar-refractivity contribution in [2.75, 3.05) is 6.54 Å². The fourth-order valence-electron chi connectivity index (χ4n) is 2.11. The molecule has 0 aliphatic rings. The van der Waals surface area contributed by atoms with Gasteiger partial charge in [0.2, 0.25) is 0 Å². The van der Waals surface area contributed by atoms with Crippen molar-refractivity contribution >= 4 is 21.9 Å². The van der Waals surface area contributed by atoms with Gasteiger partial charge >= 0.3 is 5.97 Å². The van der Waals surface area contributed by atoms with Crippen LogP contribution in [0, 0.1) is 0 Å². The molecule has 0 aliphatic carbocycles. The van der Waals surface area contributed by atoms with Crippen molar-refractivity contribution in [3.05, 3.63) is 46.7 Å².